The maximum absolute atomic E-state index is 13.1. The molecule has 4 atom stereocenters. The molecule has 5 aliphatic rings. The van der Waals surface area contributed by atoms with Gasteiger partial charge in [0.15, 0.2) is 6.61 Å². The van der Waals surface area contributed by atoms with Crippen LogP contribution in [-0.2, 0) is 24.7 Å². The Labute approximate surface area is 306 Å². The first-order chi connectivity index (χ1) is 25.2. The van der Waals surface area contributed by atoms with E-state index in [-0.39, 0.29) is 41.9 Å². The molecule has 3 amide bonds. The first kappa shape index (κ1) is 36.2. The molecule has 53 heavy (non-hydrogen) atoms. The van der Waals surface area contributed by atoms with Gasteiger partial charge in [0, 0.05) is 28.9 Å². The third-order valence-electron chi connectivity index (χ3n) is 10.7. The number of methoxy groups -OCH3 is 1. The van der Waals surface area contributed by atoms with Gasteiger partial charge < -0.3 is 36.1 Å². The molecular formula is C35H36ClF3N8O6. The van der Waals surface area contributed by atoms with Crippen LogP contribution in [0.3, 0.4) is 0 Å². The van der Waals surface area contributed by atoms with Crippen LogP contribution in [0.5, 0.6) is 6.01 Å². The van der Waals surface area contributed by atoms with Crippen LogP contribution in [0.2, 0.25) is 5.02 Å². The number of nitrogens with one attached hydrogen (secondary N) is 5. The van der Waals surface area contributed by atoms with E-state index in [1.54, 1.807) is 12.1 Å². The Kier molecular flexibility index (Phi) is 9.32. The molecule has 280 valence electrons. The van der Waals surface area contributed by atoms with E-state index >= 15 is 0 Å². The minimum Gasteiger partial charge on any atom is -0.467 e. The zero-order valence-corrected chi connectivity index (χ0v) is 29.3. The summed E-state index contributed by atoms with van der Waals surface area (Å²) in [5, 5.41) is 14.5. The van der Waals surface area contributed by atoms with Crippen molar-refractivity contribution in [3.05, 3.63) is 64.7 Å². The molecule has 14 nitrogen and oxygen atoms in total. The number of hydrogen-bond donors (Lipinski definition) is 5. The van der Waals surface area contributed by atoms with Crippen molar-refractivity contribution in [2.24, 2.45) is 23.2 Å². The summed E-state index contributed by atoms with van der Waals surface area (Å²) in [6, 6.07) is 11.3. The van der Waals surface area contributed by atoms with Gasteiger partial charge in [0.25, 0.3) is 5.91 Å². The number of rotatable bonds is 14. The molecule has 5 aliphatic carbocycles. The van der Waals surface area contributed by atoms with Crippen LogP contribution in [0.1, 0.15) is 48.5 Å². The van der Waals surface area contributed by atoms with E-state index in [4.69, 9.17) is 21.1 Å². The predicted molar refractivity (Wildman–Crippen MR) is 183 cm³/mol. The highest BCUT2D eigenvalue weighted by molar-refractivity contribution is 6.35. The van der Waals surface area contributed by atoms with E-state index < -0.39 is 54.1 Å². The molecule has 0 radical (unpaired) electrons. The zero-order chi connectivity index (χ0) is 37.7. The van der Waals surface area contributed by atoms with Gasteiger partial charge in [0.05, 0.1) is 12.6 Å². The largest absolute Gasteiger partial charge is 0.467 e. The zero-order valence-electron chi connectivity index (χ0n) is 28.6. The number of benzene rings is 2. The fourth-order valence-corrected chi connectivity index (χ4v) is 7.78. The normalized spacial score (nSPS) is 24.5. The summed E-state index contributed by atoms with van der Waals surface area (Å²) in [6.07, 6.45) is -2.35. The molecule has 2 bridgehead atoms. The number of nitrogens with zero attached hydrogens (tertiary/aromatic N) is 3. The number of carbonyl (C=O) groups is 4. The first-order valence-electron chi connectivity index (χ1n) is 17.0. The Hall–Kier alpha value is -5.19. The van der Waals surface area contributed by atoms with Gasteiger partial charge in [-0.3, -0.25) is 14.4 Å². The van der Waals surface area contributed by atoms with E-state index in [1.165, 1.54) is 24.3 Å². The summed E-state index contributed by atoms with van der Waals surface area (Å²) in [5.41, 5.74) is 0.991. The highest BCUT2D eigenvalue weighted by atomic mass is 35.5. The van der Waals surface area contributed by atoms with E-state index in [9.17, 15) is 32.3 Å². The molecule has 8 rings (SSSR count). The number of halogens is 4. The Morgan fingerprint density at radius 1 is 0.962 bits per heavy atom. The third-order valence-corrected chi connectivity index (χ3v) is 10.9. The Balaban J connectivity index is 0.956. The number of hydrogen-bond acceptors (Lipinski definition) is 11. The van der Waals surface area contributed by atoms with Crippen molar-refractivity contribution in [3.63, 3.8) is 0 Å². The van der Waals surface area contributed by atoms with Crippen LogP contribution < -0.4 is 31.3 Å². The number of aromatic nitrogens is 3. The van der Waals surface area contributed by atoms with Crippen LogP contribution >= 0.6 is 11.6 Å². The summed E-state index contributed by atoms with van der Waals surface area (Å²) in [7, 11) is 1.16. The highest BCUT2D eigenvalue weighted by Gasteiger charge is 2.88. The van der Waals surface area contributed by atoms with Crippen molar-refractivity contribution in [2.75, 3.05) is 30.9 Å². The summed E-state index contributed by atoms with van der Waals surface area (Å²) in [4.78, 5) is 62.8. The number of alkyl halides is 3. The molecule has 1 heterocycles. The average Bonchev–Trinajstić information content (AvgIpc) is 4.08. The highest BCUT2D eigenvalue weighted by Crippen LogP contribution is 2.89. The standard InChI is InChI=1S/C35H36ClF3N8O6/c1-33-23(15-21-24(33)25(21)33)43-28(50)27(49)40-14-11-22(29(51)52-2)42-26(48)17-3-9-20(10-4-17)41-30-44-31(46-32(45-30)53-16-35(37,38)39)47-34(12-13-34)18-5-7-19(36)8-6-18/h3-10,21-25H,11-16H2,1-2H3,(H,40,49)(H,42,48)(H,43,50)(H2,41,44,45,46,47)/t21?,22-,23-,24?,25?,33?/m0/s1. The van der Waals surface area contributed by atoms with Gasteiger partial charge in [-0.15, -0.1) is 0 Å². The van der Waals surface area contributed by atoms with E-state index in [0.717, 1.165) is 31.9 Å². The third kappa shape index (κ3) is 7.65. The smallest absolute Gasteiger partial charge is 0.422 e. The predicted octanol–water partition coefficient (Wildman–Crippen LogP) is 3.86. The Morgan fingerprint density at radius 3 is 2.25 bits per heavy atom. The quantitative estimate of drug-likeness (QED) is 0.119. The number of fused-ring (bicyclic) bond motifs is 1. The van der Waals surface area contributed by atoms with Gasteiger partial charge in [0.2, 0.25) is 11.9 Å². The van der Waals surface area contributed by atoms with E-state index in [0.29, 0.717) is 28.5 Å². The number of ether oxygens (including phenoxy) is 2. The van der Waals surface area contributed by atoms with Crippen LogP contribution in [0.4, 0.5) is 30.8 Å². The molecule has 5 N–H and O–H groups in total. The van der Waals surface area contributed by atoms with Crippen LogP contribution in [0.25, 0.3) is 0 Å². The minimum atomic E-state index is -4.63. The molecule has 18 heteroatoms. The summed E-state index contributed by atoms with van der Waals surface area (Å²) in [5.74, 6) is -1.06. The Bertz CT molecular complexity index is 1920. The van der Waals surface area contributed by atoms with E-state index in [1.807, 2.05) is 12.1 Å². The van der Waals surface area contributed by atoms with Gasteiger partial charge in [-0.2, -0.15) is 28.1 Å². The maximum atomic E-state index is 13.1. The maximum Gasteiger partial charge on any atom is 0.422 e. The van der Waals surface area contributed by atoms with Crippen molar-refractivity contribution in [3.8, 4) is 6.01 Å². The van der Waals surface area contributed by atoms with Gasteiger partial charge in [-0.1, -0.05) is 30.7 Å². The molecule has 5 fully saturated rings. The second-order valence-electron chi connectivity index (χ2n) is 14.0. The van der Waals surface area contributed by atoms with E-state index in [2.05, 4.69) is 48.5 Å². The first-order valence-corrected chi connectivity index (χ1v) is 17.4. The number of carbonyl (C=O) groups excluding carboxylic acids is 4. The number of esters is 1. The molecule has 1 aromatic heterocycles. The van der Waals surface area contributed by atoms with Gasteiger partial charge in [0.1, 0.15) is 6.04 Å². The molecule has 0 aliphatic heterocycles. The average molecular weight is 757 g/mol. The number of amides is 3. The van der Waals surface area contributed by atoms with Crippen molar-refractivity contribution < 1.29 is 41.8 Å². The van der Waals surface area contributed by atoms with Crippen LogP contribution in [-0.4, -0.2) is 77.2 Å². The van der Waals surface area contributed by atoms with Crippen molar-refractivity contribution in [1.29, 1.82) is 0 Å². The lowest BCUT2D eigenvalue weighted by Crippen LogP contribution is -2.48. The minimum absolute atomic E-state index is 0.00785. The molecule has 0 saturated heterocycles. The topological polar surface area (TPSA) is 186 Å². The fraction of sp³-hybridized carbons (Fsp3) is 0.457. The second-order valence-corrected chi connectivity index (χ2v) is 14.5. The van der Waals surface area contributed by atoms with Crippen molar-refractivity contribution in [2.45, 2.75) is 56.4 Å². The molecule has 2 aromatic carbocycles. The molecule has 0 spiro atoms. The summed E-state index contributed by atoms with van der Waals surface area (Å²) >= 11 is 6.03. The molecule has 3 aromatic rings. The van der Waals surface area contributed by atoms with Crippen LogP contribution in [0, 0.1) is 23.2 Å². The molecule has 5 saturated carbocycles. The molecule has 2 unspecified atom stereocenters. The summed E-state index contributed by atoms with van der Waals surface area (Å²) < 4.78 is 48.5. The lowest BCUT2D eigenvalue weighted by molar-refractivity contribution is -0.154. The lowest BCUT2D eigenvalue weighted by atomic mass is 9.97. The lowest BCUT2D eigenvalue weighted by Gasteiger charge is -2.20. The fourth-order valence-electron chi connectivity index (χ4n) is 7.65. The van der Waals surface area contributed by atoms with Gasteiger partial charge >= 0.3 is 30.0 Å². The van der Waals surface area contributed by atoms with Crippen LogP contribution in [0.15, 0.2) is 48.5 Å². The SMILES string of the molecule is COC(=O)[C@H](CCNC(=O)C(=O)N[C@H]1CC2C3C2C31C)NC(=O)c1ccc(Nc2nc(NC3(c4ccc(Cl)cc4)CC3)nc(OCC(F)(F)F)n2)cc1. The van der Waals surface area contributed by atoms with Gasteiger partial charge in [-0.25, -0.2) is 4.79 Å². The molecular weight excluding hydrogens is 721 g/mol. The number of anilines is 3. The summed E-state index contributed by atoms with van der Waals surface area (Å²) in [6.45, 7) is 0.441. The second kappa shape index (κ2) is 13.7. The Morgan fingerprint density at radius 2 is 1.64 bits per heavy atom. The van der Waals surface area contributed by atoms with Crippen molar-refractivity contribution >= 4 is 52.9 Å². The van der Waals surface area contributed by atoms with Gasteiger partial charge in [-0.05, 0) is 90.8 Å². The van der Waals surface area contributed by atoms with Crippen molar-refractivity contribution in [1.82, 2.24) is 30.9 Å². The monoisotopic (exact) mass is 756 g/mol.